The minimum absolute atomic E-state index is 0.105. The molecule has 130 valence electrons. The van der Waals surface area contributed by atoms with E-state index in [1.807, 2.05) is 0 Å². The van der Waals surface area contributed by atoms with Crippen molar-refractivity contribution in [3.05, 3.63) is 17.8 Å². The zero-order valence-corrected chi connectivity index (χ0v) is 14.1. The molecule has 0 saturated carbocycles. The Labute approximate surface area is 140 Å². The molecule has 0 unspecified atom stereocenters. The number of H-pyrrole nitrogens is 1. The number of aromatic nitrogens is 1. The maximum absolute atomic E-state index is 12.4. The average Bonchev–Trinajstić information content (AvgIpc) is 3.26. The summed E-state index contributed by atoms with van der Waals surface area (Å²) in [6.45, 7) is 1.28. The number of nitrogens with one attached hydrogen (secondary N) is 2. The Hall–Kier alpha value is -2.41. The van der Waals surface area contributed by atoms with Crippen LogP contribution >= 0.6 is 0 Å². The van der Waals surface area contributed by atoms with E-state index in [0.717, 1.165) is 30.4 Å². The fourth-order valence-corrected chi connectivity index (χ4v) is 2.98. The van der Waals surface area contributed by atoms with Crippen molar-refractivity contribution in [3.63, 3.8) is 0 Å². The zero-order chi connectivity index (χ0) is 17.1. The Morgan fingerprint density at radius 2 is 2.04 bits per heavy atom. The van der Waals surface area contributed by atoms with Crippen molar-refractivity contribution in [2.45, 2.75) is 18.9 Å². The van der Waals surface area contributed by atoms with Crippen LogP contribution in [0.1, 0.15) is 23.3 Å². The van der Waals surface area contributed by atoms with E-state index in [9.17, 15) is 4.79 Å². The predicted octanol–water partition coefficient (Wildman–Crippen LogP) is 2.10. The lowest BCUT2D eigenvalue weighted by atomic mass is 10.2. The van der Waals surface area contributed by atoms with Gasteiger partial charge in [-0.1, -0.05) is 0 Å². The van der Waals surface area contributed by atoms with Gasteiger partial charge in [-0.2, -0.15) is 0 Å². The normalized spacial score (nSPS) is 17.0. The summed E-state index contributed by atoms with van der Waals surface area (Å²) in [6, 6.07) is 3.54. The molecular formula is C17H22N2O5. The van der Waals surface area contributed by atoms with Crippen LogP contribution in [0.15, 0.2) is 12.1 Å². The molecule has 1 aliphatic heterocycles. The minimum atomic E-state index is -0.179. The Kier molecular flexibility index (Phi) is 4.80. The number of fused-ring (bicyclic) bond motifs is 1. The van der Waals surface area contributed by atoms with Gasteiger partial charge in [-0.05, 0) is 18.9 Å². The summed E-state index contributed by atoms with van der Waals surface area (Å²) in [4.78, 5) is 15.5. The van der Waals surface area contributed by atoms with Crippen LogP contribution in [0.5, 0.6) is 17.2 Å². The lowest BCUT2D eigenvalue weighted by Gasteiger charge is -2.12. The van der Waals surface area contributed by atoms with Crippen LogP contribution in [0.25, 0.3) is 10.9 Å². The molecule has 0 aliphatic carbocycles. The van der Waals surface area contributed by atoms with Crippen LogP contribution in [0.2, 0.25) is 0 Å². The van der Waals surface area contributed by atoms with E-state index in [1.165, 1.54) is 0 Å². The number of carbonyl (C=O) groups is 1. The maximum Gasteiger partial charge on any atom is 0.267 e. The number of hydrogen-bond acceptors (Lipinski definition) is 5. The molecule has 2 N–H and O–H groups in total. The van der Waals surface area contributed by atoms with Crippen molar-refractivity contribution in [2.75, 3.05) is 34.5 Å². The molecule has 24 heavy (non-hydrogen) atoms. The first kappa shape index (κ1) is 16.4. The molecule has 3 rings (SSSR count). The molecule has 7 nitrogen and oxygen atoms in total. The second-order valence-corrected chi connectivity index (χ2v) is 5.63. The lowest BCUT2D eigenvalue weighted by molar-refractivity contribution is 0.0854. The van der Waals surface area contributed by atoms with Crippen molar-refractivity contribution >= 4 is 16.8 Å². The third-order valence-corrected chi connectivity index (χ3v) is 4.19. The molecule has 1 saturated heterocycles. The van der Waals surface area contributed by atoms with Gasteiger partial charge in [0.2, 0.25) is 5.75 Å². The summed E-state index contributed by atoms with van der Waals surface area (Å²) in [5.74, 6) is 1.38. The molecule has 1 aromatic heterocycles. The largest absolute Gasteiger partial charge is 0.493 e. The highest BCUT2D eigenvalue weighted by Crippen LogP contribution is 2.43. The zero-order valence-electron chi connectivity index (χ0n) is 14.1. The summed E-state index contributed by atoms with van der Waals surface area (Å²) in [5.41, 5.74) is 1.20. The molecule has 0 spiro atoms. The van der Waals surface area contributed by atoms with Gasteiger partial charge in [-0.25, -0.2) is 0 Å². The van der Waals surface area contributed by atoms with E-state index in [0.29, 0.717) is 29.5 Å². The van der Waals surface area contributed by atoms with Crippen molar-refractivity contribution in [3.8, 4) is 17.2 Å². The maximum atomic E-state index is 12.4. The van der Waals surface area contributed by atoms with E-state index < -0.39 is 0 Å². The minimum Gasteiger partial charge on any atom is -0.493 e. The van der Waals surface area contributed by atoms with Crippen molar-refractivity contribution in [1.29, 1.82) is 0 Å². The van der Waals surface area contributed by atoms with Crippen LogP contribution < -0.4 is 19.5 Å². The first-order valence-corrected chi connectivity index (χ1v) is 7.89. The number of hydrogen-bond donors (Lipinski definition) is 2. The van der Waals surface area contributed by atoms with Gasteiger partial charge in [-0.3, -0.25) is 4.79 Å². The fourth-order valence-electron chi connectivity index (χ4n) is 2.98. The second-order valence-electron chi connectivity index (χ2n) is 5.63. The molecule has 0 radical (unpaired) electrons. The summed E-state index contributed by atoms with van der Waals surface area (Å²) in [7, 11) is 4.66. The first-order chi connectivity index (χ1) is 11.7. The Balaban J connectivity index is 1.88. The van der Waals surface area contributed by atoms with Gasteiger partial charge in [0.1, 0.15) is 5.69 Å². The molecule has 0 bridgehead atoms. The highest BCUT2D eigenvalue weighted by molar-refractivity contribution is 6.01. The lowest BCUT2D eigenvalue weighted by Crippen LogP contribution is -2.31. The van der Waals surface area contributed by atoms with Crippen LogP contribution in [0.3, 0.4) is 0 Å². The van der Waals surface area contributed by atoms with E-state index in [2.05, 4.69) is 10.3 Å². The van der Waals surface area contributed by atoms with Crippen molar-refractivity contribution < 1.29 is 23.7 Å². The number of rotatable bonds is 6. The highest BCUT2D eigenvalue weighted by atomic mass is 16.5. The highest BCUT2D eigenvalue weighted by Gasteiger charge is 2.21. The summed E-state index contributed by atoms with van der Waals surface area (Å²) < 4.78 is 21.7. The van der Waals surface area contributed by atoms with Gasteiger partial charge in [0, 0.05) is 24.6 Å². The first-order valence-electron chi connectivity index (χ1n) is 7.89. The van der Waals surface area contributed by atoms with Gasteiger partial charge in [0.05, 0.1) is 33.0 Å². The molecular weight excluding hydrogens is 312 g/mol. The van der Waals surface area contributed by atoms with Crippen LogP contribution in [-0.4, -0.2) is 51.5 Å². The molecule has 1 aliphatic rings. The molecule has 2 aromatic rings. The quantitative estimate of drug-likeness (QED) is 0.845. The van der Waals surface area contributed by atoms with Crippen LogP contribution in [0, 0.1) is 0 Å². The third kappa shape index (κ3) is 2.99. The van der Waals surface area contributed by atoms with Gasteiger partial charge in [0.15, 0.2) is 11.5 Å². The topological polar surface area (TPSA) is 81.8 Å². The third-order valence-electron chi connectivity index (χ3n) is 4.19. The van der Waals surface area contributed by atoms with E-state index in [4.69, 9.17) is 18.9 Å². The summed E-state index contributed by atoms with van der Waals surface area (Å²) in [6.07, 6.45) is 2.13. The van der Waals surface area contributed by atoms with Gasteiger partial charge in [0.25, 0.3) is 5.91 Å². The standard InChI is InChI=1S/C17H22N2O5/c1-21-14-8-12-11(15(22-2)16(14)23-3)7-13(19-12)17(20)18-9-10-5-4-6-24-10/h7-8,10,19H,4-6,9H2,1-3H3,(H,18,20)/t10-/m0/s1. The molecule has 2 heterocycles. The van der Waals surface area contributed by atoms with Crippen LogP contribution in [0.4, 0.5) is 0 Å². The summed E-state index contributed by atoms with van der Waals surface area (Å²) >= 11 is 0. The fraction of sp³-hybridized carbons (Fsp3) is 0.471. The number of carbonyl (C=O) groups excluding carboxylic acids is 1. The van der Waals surface area contributed by atoms with Crippen LogP contribution in [-0.2, 0) is 4.74 Å². The SMILES string of the molecule is COc1cc2[nH]c(C(=O)NC[C@@H]3CCCO3)cc2c(OC)c1OC. The van der Waals surface area contributed by atoms with E-state index in [1.54, 1.807) is 33.5 Å². The molecule has 7 heteroatoms. The molecule has 1 atom stereocenters. The summed E-state index contributed by atoms with van der Waals surface area (Å²) in [5, 5.41) is 3.66. The van der Waals surface area contributed by atoms with Crippen molar-refractivity contribution in [1.82, 2.24) is 10.3 Å². The van der Waals surface area contributed by atoms with E-state index in [-0.39, 0.29) is 12.0 Å². The Morgan fingerprint density at radius 3 is 2.67 bits per heavy atom. The molecule has 1 fully saturated rings. The van der Waals surface area contributed by atoms with Gasteiger partial charge in [-0.15, -0.1) is 0 Å². The van der Waals surface area contributed by atoms with Crippen molar-refractivity contribution in [2.24, 2.45) is 0 Å². The predicted molar refractivity (Wildman–Crippen MR) is 89.3 cm³/mol. The number of amides is 1. The van der Waals surface area contributed by atoms with Gasteiger partial charge >= 0.3 is 0 Å². The second kappa shape index (κ2) is 7.00. The van der Waals surface area contributed by atoms with Gasteiger partial charge < -0.3 is 29.2 Å². The molecule has 1 amide bonds. The number of ether oxygens (including phenoxy) is 4. The average molecular weight is 334 g/mol. The number of methoxy groups -OCH3 is 3. The number of aromatic amines is 1. The Bertz CT molecular complexity index is 734. The number of benzene rings is 1. The van der Waals surface area contributed by atoms with E-state index >= 15 is 0 Å². The smallest absolute Gasteiger partial charge is 0.267 e. The monoisotopic (exact) mass is 334 g/mol. The molecule has 1 aromatic carbocycles. The Morgan fingerprint density at radius 1 is 1.25 bits per heavy atom.